The van der Waals surface area contributed by atoms with Gasteiger partial charge in [-0.2, -0.15) is 5.10 Å². The van der Waals surface area contributed by atoms with E-state index in [2.05, 4.69) is 15.1 Å². The van der Waals surface area contributed by atoms with Crippen LogP contribution < -0.4 is 15.6 Å². The van der Waals surface area contributed by atoms with Crippen LogP contribution in [0, 0.1) is 0 Å². The number of aryl methyl sites for hydroxylation is 1. The number of nitrogens with two attached hydrogens (primary N) is 1. The lowest BCUT2D eigenvalue weighted by Gasteiger charge is -2.29. The number of anilines is 1. The van der Waals surface area contributed by atoms with Gasteiger partial charge in [-0.3, -0.25) is 9.59 Å². The molecule has 0 bridgehead atoms. The Morgan fingerprint density at radius 1 is 1.15 bits per heavy atom. The molecule has 0 unspecified atom stereocenters. The van der Waals surface area contributed by atoms with Gasteiger partial charge >= 0.3 is 0 Å². The molecule has 3 heterocycles. The van der Waals surface area contributed by atoms with Crippen LogP contribution in [0.3, 0.4) is 0 Å². The smallest absolute Gasteiger partial charge is 0.262 e. The average Bonchev–Trinajstić information content (AvgIpc) is 3.26. The van der Waals surface area contributed by atoms with E-state index in [4.69, 9.17) is 5.14 Å². The molecule has 1 aliphatic rings. The monoisotopic (exact) mass is 496 g/mol. The molecule has 4 aromatic rings. The summed E-state index contributed by atoms with van der Waals surface area (Å²) in [5, 5.41) is 9.94. The summed E-state index contributed by atoms with van der Waals surface area (Å²) in [6.07, 6.45) is 3.23. The molecule has 0 fully saturated rings. The molecule has 0 saturated heterocycles. The molecule has 2 aromatic heterocycles. The number of hydrogen-bond donors (Lipinski definition) is 2. The average molecular weight is 497 g/mol. The van der Waals surface area contributed by atoms with Gasteiger partial charge in [0.2, 0.25) is 15.9 Å². The van der Waals surface area contributed by atoms with E-state index < -0.39 is 10.0 Å². The Morgan fingerprint density at radius 2 is 1.91 bits per heavy atom. The number of carbonyl (C=O) groups is 1. The van der Waals surface area contributed by atoms with Gasteiger partial charge in [0.15, 0.2) is 10.8 Å². The number of fused-ring (bicyclic) bond motifs is 2. The molecular weight excluding hydrogens is 476 g/mol. The van der Waals surface area contributed by atoms with Crippen molar-refractivity contribution < 1.29 is 13.2 Å². The van der Waals surface area contributed by atoms with Gasteiger partial charge in [-0.25, -0.2) is 23.2 Å². The number of nitrogens with zero attached hydrogens (tertiary/aromatic N) is 4. The molecule has 0 radical (unpaired) electrons. The minimum absolute atomic E-state index is 0.0347. The molecule has 174 valence electrons. The molecule has 0 saturated carbocycles. The molecule has 2 aromatic carbocycles. The highest BCUT2D eigenvalue weighted by Gasteiger charge is 2.22. The minimum Gasteiger partial charge on any atom is -0.311 e. The first-order valence-corrected chi connectivity index (χ1v) is 13.0. The first kappa shape index (κ1) is 22.3. The van der Waals surface area contributed by atoms with Crippen molar-refractivity contribution in [3.8, 4) is 5.69 Å². The lowest BCUT2D eigenvalue weighted by Crippen LogP contribution is -2.36. The minimum atomic E-state index is -3.83. The second kappa shape index (κ2) is 8.70. The van der Waals surface area contributed by atoms with Crippen LogP contribution in [0.2, 0.25) is 0 Å². The van der Waals surface area contributed by atoms with E-state index in [0.717, 1.165) is 35.9 Å². The van der Waals surface area contributed by atoms with Crippen molar-refractivity contribution in [3.05, 3.63) is 70.6 Å². The third-order valence-electron chi connectivity index (χ3n) is 5.57. The molecule has 0 aliphatic carbocycles. The first-order valence-electron chi connectivity index (χ1n) is 10.4. The van der Waals surface area contributed by atoms with Crippen LogP contribution in [0.25, 0.3) is 16.7 Å². The number of benzene rings is 2. The van der Waals surface area contributed by atoms with Gasteiger partial charge in [-0.15, -0.1) is 0 Å². The van der Waals surface area contributed by atoms with E-state index in [1.807, 2.05) is 24.3 Å². The zero-order valence-electron chi connectivity index (χ0n) is 17.8. The molecule has 3 N–H and O–H groups in total. The fraction of sp³-hybridized carbons (Fsp3) is 0.182. The maximum atomic E-state index is 12.9. The second-order valence-electron chi connectivity index (χ2n) is 7.77. The number of aromatic amines is 1. The number of nitrogens with one attached hydrogen (secondary N) is 1. The molecule has 5 rings (SSSR count). The SMILES string of the molecule is NS(=O)(=O)c1ccc(-n2ncc3c(=O)[nH]c(SCC(=O)N4CCCc5ccccc54)nc32)cc1. The highest BCUT2D eigenvalue weighted by atomic mass is 32.2. The van der Waals surface area contributed by atoms with Crippen LogP contribution in [-0.2, 0) is 21.2 Å². The number of para-hydroxylation sites is 1. The van der Waals surface area contributed by atoms with Crippen molar-refractivity contribution in [1.82, 2.24) is 19.7 Å². The number of rotatable bonds is 5. The summed E-state index contributed by atoms with van der Waals surface area (Å²) in [4.78, 5) is 34.5. The van der Waals surface area contributed by atoms with Crippen LogP contribution >= 0.6 is 11.8 Å². The van der Waals surface area contributed by atoms with Crippen molar-refractivity contribution in [2.75, 3.05) is 17.2 Å². The third-order valence-corrected chi connectivity index (χ3v) is 7.36. The lowest BCUT2D eigenvalue weighted by atomic mass is 10.0. The van der Waals surface area contributed by atoms with Gasteiger partial charge in [0.1, 0.15) is 5.39 Å². The van der Waals surface area contributed by atoms with E-state index in [1.165, 1.54) is 35.1 Å². The maximum Gasteiger partial charge on any atom is 0.262 e. The van der Waals surface area contributed by atoms with E-state index in [9.17, 15) is 18.0 Å². The van der Waals surface area contributed by atoms with Crippen molar-refractivity contribution in [1.29, 1.82) is 0 Å². The molecule has 0 atom stereocenters. The zero-order chi connectivity index (χ0) is 23.9. The fourth-order valence-electron chi connectivity index (χ4n) is 3.93. The number of thioether (sulfide) groups is 1. The highest BCUT2D eigenvalue weighted by Crippen LogP contribution is 2.28. The van der Waals surface area contributed by atoms with Gasteiger partial charge in [0.05, 0.1) is 22.5 Å². The van der Waals surface area contributed by atoms with E-state index in [1.54, 1.807) is 4.90 Å². The predicted octanol–water partition coefficient (Wildman–Crippen LogP) is 1.83. The Labute approximate surface area is 198 Å². The van der Waals surface area contributed by atoms with Gasteiger partial charge in [-0.05, 0) is 48.7 Å². The standard InChI is InChI=1S/C22H20N6O4S2/c23-34(31,32)16-9-7-15(8-10-16)28-20-17(12-24-28)21(30)26-22(25-20)33-13-19(29)27-11-3-5-14-4-1-2-6-18(14)27/h1-2,4,6-10,12H,3,5,11,13H2,(H2,23,31,32)(H,25,26,30). The van der Waals surface area contributed by atoms with Crippen molar-refractivity contribution in [2.45, 2.75) is 22.9 Å². The van der Waals surface area contributed by atoms with Gasteiger partial charge in [0.25, 0.3) is 5.56 Å². The number of aromatic nitrogens is 4. The molecular formula is C22H20N6O4S2. The fourth-order valence-corrected chi connectivity index (χ4v) is 5.18. The molecule has 0 spiro atoms. The van der Waals surface area contributed by atoms with Gasteiger partial charge in [-0.1, -0.05) is 30.0 Å². The summed E-state index contributed by atoms with van der Waals surface area (Å²) in [6, 6.07) is 13.6. The topological polar surface area (TPSA) is 144 Å². The van der Waals surface area contributed by atoms with Crippen LogP contribution in [0.15, 0.2) is 69.6 Å². The highest BCUT2D eigenvalue weighted by molar-refractivity contribution is 7.99. The zero-order valence-corrected chi connectivity index (χ0v) is 19.5. The maximum absolute atomic E-state index is 12.9. The Hall–Kier alpha value is -3.48. The Kier molecular flexibility index (Phi) is 5.71. The third kappa shape index (κ3) is 4.22. The largest absolute Gasteiger partial charge is 0.311 e. The summed E-state index contributed by atoms with van der Waals surface area (Å²) in [7, 11) is -3.83. The number of primary sulfonamides is 1. The second-order valence-corrected chi connectivity index (χ2v) is 10.3. The van der Waals surface area contributed by atoms with Crippen LogP contribution in [0.4, 0.5) is 5.69 Å². The Morgan fingerprint density at radius 3 is 2.68 bits per heavy atom. The molecule has 10 nitrogen and oxygen atoms in total. The number of sulfonamides is 1. The lowest BCUT2D eigenvalue weighted by molar-refractivity contribution is -0.116. The summed E-state index contributed by atoms with van der Waals surface area (Å²) in [6.45, 7) is 0.653. The number of hydrogen-bond acceptors (Lipinski definition) is 7. The molecule has 1 aliphatic heterocycles. The number of H-pyrrole nitrogens is 1. The van der Waals surface area contributed by atoms with Crippen molar-refractivity contribution in [3.63, 3.8) is 0 Å². The summed E-state index contributed by atoms with van der Waals surface area (Å²) in [5.41, 5.74) is 2.51. The normalized spacial score (nSPS) is 13.7. The van der Waals surface area contributed by atoms with E-state index >= 15 is 0 Å². The predicted molar refractivity (Wildman–Crippen MR) is 129 cm³/mol. The van der Waals surface area contributed by atoms with E-state index in [-0.39, 0.29) is 27.5 Å². The number of amides is 1. The van der Waals surface area contributed by atoms with Crippen LogP contribution in [0.1, 0.15) is 12.0 Å². The Bertz CT molecular complexity index is 1560. The Balaban J connectivity index is 1.40. The summed E-state index contributed by atoms with van der Waals surface area (Å²) < 4.78 is 24.4. The van der Waals surface area contributed by atoms with Crippen LogP contribution in [0.5, 0.6) is 0 Å². The molecule has 1 amide bonds. The number of carbonyl (C=O) groups excluding carboxylic acids is 1. The van der Waals surface area contributed by atoms with Crippen LogP contribution in [-0.4, -0.2) is 46.4 Å². The molecule has 34 heavy (non-hydrogen) atoms. The molecule has 12 heteroatoms. The van der Waals surface area contributed by atoms with Gasteiger partial charge in [0, 0.05) is 12.2 Å². The quantitative estimate of drug-likeness (QED) is 0.317. The van der Waals surface area contributed by atoms with E-state index in [0.29, 0.717) is 23.0 Å². The summed E-state index contributed by atoms with van der Waals surface area (Å²) >= 11 is 1.14. The van der Waals surface area contributed by atoms with Crippen molar-refractivity contribution >= 4 is 44.4 Å². The summed E-state index contributed by atoms with van der Waals surface area (Å²) in [5.74, 6) is 0.0481. The first-order chi connectivity index (χ1) is 16.3. The van der Waals surface area contributed by atoms with Crippen molar-refractivity contribution in [2.24, 2.45) is 5.14 Å². The van der Waals surface area contributed by atoms with Gasteiger partial charge < -0.3 is 9.88 Å².